The van der Waals surface area contributed by atoms with Crippen molar-refractivity contribution < 1.29 is 14.6 Å². The lowest BCUT2D eigenvalue weighted by atomic mass is 10.1. The van der Waals surface area contributed by atoms with Gasteiger partial charge in [0.25, 0.3) is 5.91 Å². The summed E-state index contributed by atoms with van der Waals surface area (Å²) in [6, 6.07) is 7.47. The van der Waals surface area contributed by atoms with Crippen LogP contribution in [0.4, 0.5) is 0 Å². The molecule has 2 N–H and O–H groups in total. The van der Waals surface area contributed by atoms with E-state index in [-0.39, 0.29) is 12.5 Å². The Bertz CT molecular complexity index is 678. The van der Waals surface area contributed by atoms with Gasteiger partial charge in [0.1, 0.15) is 0 Å². The first kappa shape index (κ1) is 17.6. The molecule has 0 atom stereocenters. The summed E-state index contributed by atoms with van der Waals surface area (Å²) in [5, 5.41) is 16.1. The Morgan fingerprint density at radius 1 is 1.16 bits per heavy atom. The number of aromatic nitrogens is 2. The molecule has 7 nitrogen and oxygen atoms in total. The van der Waals surface area contributed by atoms with Gasteiger partial charge in [0.15, 0.2) is 0 Å². The molecule has 25 heavy (non-hydrogen) atoms. The topological polar surface area (TPSA) is 79.6 Å². The second-order valence-corrected chi connectivity index (χ2v) is 6.00. The van der Waals surface area contributed by atoms with Gasteiger partial charge in [-0.3, -0.25) is 14.4 Å². The Balaban J connectivity index is 1.51. The zero-order chi connectivity index (χ0) is 17.5. The number of carbonyl (C=O) groups excluding carboxylic acids is 1. The van der Waals surface area contributed by atoms with Crippen LogP contribution in [-0.2, 0) is 11.3 Å². The minimum atomic E-state index is -0.0595. The molecule has 1 aromatic heterocycles. The number of aliphatic hydroxyl groups is 1. The fourth-order valence-electron chi connectivity index (χ4n) is 2.81. The largest absolute Gasteiger partial charge is 0.394 e. The third-order valence-corrected chi connectivity index (χ3v) is 4.26. The zero-order valence-electron chi connectivity index (χ0n) is 14.2. The lowest BCUT2D eigenvalue weighted by molar-refractivity contribution is 0.0383. The molecule has 0 spiro atoms. The van der Waals surface area contributed by atoms with E-state index in [1.807, 2.05) is 30.5 Å². The first-order valence-corrected chi connectivity index (χ1v) is 8.58. The minimum absolute atomic E-state index is 0.0595. The van der Waals surface area contributed by atoms with Crippen molar-refractivity contribution in [2.45, 2.75) is 6.54 Å². The zero-order valence-corrected chi connectivity index (χ0v) is 14.2. The van der Waals surface area contributed by atoms with Gasteiger partial charge in [-0.25, -0.2) is 0 Å². The highest BCUT2D eigenvalue weighted by Crippen LogP contribution is 2.19. The Kier molecular flexibility index (Phi) is 6.16. The molecule has 0 saturated carbocycles. The number of hydrogen-bond donors (Lipinski definition) is 2. The highest BCUT2D eigenvalue weighted by molar-refractivity contribution is 5.94. The van der Waals surface area contributed by atoms with Crippen LogP contribution in [0.2, 0.25) is 0 Å². The molecule has 0 radical (unpaired) electrons. The van der Waals surface area contributed by atoms with Crippen LogP contribution in [0, 0.1) is 0 Å². The summed E-state index contributed by atoms with van der Waals surface area (Å²) in [7, 11) is 0. The van der Waals surface area contributed by atoms with Gasteiger partial charge in [0.2, 0.25) is 0 Å². The standard InChI is InChI=1S/C18H24N4O3/c23-10-7-22-14-17(13-20-22)15-1-3-16(4-2-15)18(24)19-5-6-21-8-11-25-12-9-21/h1-4,13-14,23H,5-12H2,(H,19,24). The molecule has 1 aliphatic heterocycles. The van der Waals surface area contributed by atoms with Crippen LogP contribution in [-0.4, -0.2) is 71.7 Å². The van der Waals surface area contributed by atoms with Gasteiger partial charge < -0.3 is 15.2 Å². The molecule has 2 heterocycles. The highest BCUT2D eigenvalue weighted by atomic mass is 16.5. The molecule has 1 fully saturated rings. The highest BCUT2D eigenvalue weighted by Gasteiger charge is 2.11. The lowest BCUT2D eigenvalue weighted by Crippen LogP contribution is -2.41. The van der Waals surface area contributed by atoms with E-state index >= 15 is 0 Å². The van der Waals surface area contributed by atoms with Crippen LogP contribution in [0.1, 0.15) is 10.4 Å². The van der Waals surface area contributed by atoms with Crippen molar-refractivity contribution >= 4 is 5.91 Å². The van der Waals surface area contributed by atoms with Crippen molar-refractivity contribution in [1.29, 1.82) is 0 Å². The summed E-state index contributed by atoms with van der Waals surface area (Å²) in [6.45, 7) is 5.40. The van der Waals surface area contributed by atoms with E-state index in [0.717, 1.165) is 44.0 Å². The molecule has 3 rings (SSSR count). The predicted octanol–water partition coefficient (Wildman–Crippen LogP) is 0.604. The van der Waals surface area contributed by atoms with E-state index in [1.165, 1.54) is 0 Å². The average molecular weight is 344 g/mol. The third-order valence-electron chi connectivity index (χ3n) is 4.26. The van der Waals surface area contributed by atoms with E-state index < -0.39 is 0 Å². The SMILES string of the molecule is O=C(NCCN1CCOCC1)c1ccc(-c2cnn(CCO)c2)cc1. The Morgan fingerprint density at radius 2 is 1.92 bits per heavy atom. The normalized spacial score (nSPS) is 15.2. The number of morpholine rings is 1. The van der Waals surface area contributed by atoms with Gasteiger partial charge in [0, 0.05) is 43.5 Å². The van der Waals surface area contributed by atoms with Crippen molar-refractivity contribution in [3.63, 3.8) is 0 Å². The second kappa shape index (κ2) is 8.75. The lowest BCUT2D eigenvalue weighted by Gasteiger charge is -2.26. The molecule has 7 heteroatoms. The summed E-state index contributed by atoms with van der Waals surface area (Å²) < 4.78 is 7.01. The van der Waals surface area contributed by atoms with Crippen molar-refractivity contribution in [1.82, 2.24) is 20.0 Å². The number of aliphatic hydroxyl groups excluding tert-OH is 1. The van der Waals surface area contributed by atoms with E-state index in [4.69, 9.17) is 9.84 Å². The van der Waals surface area contributed by atoms with Crippen LogP contribution >= 0.6 is 0 Å². The molecule has 1 aliphatic rings. The first-order valence-electron chi connectivity index (χ1n) is 8.58. The minimum Gasteiger partial charge on any atom is -0.394 e. The number of nitrogens with one attached hydrogen (secondary N) is 1. The van der Waals surface area contributed by atoms with Crippen molar-refractivity contribution in [2.24, 2.45) is 0 Å². The number of carbonyl (C=O) groups is 1. The van der Waals surface area contributed by atoms with Crippen molar-refractivity contribution in [2.75, 3.05) is 46.0 Å². The number of rotatable bonds is 7. The molecular weight excluding hydrogens is 320 g/mol. The summed E-state index contributed by atoms with van der Waals surface area (Å²) in [5.41, 5.74) is 2.61. The summed E-state index contributed by atoms with van der Waals surface area (Å²) in [6.07, 6.45) is 3.64. The van der Waals surface area contributed by atoms with E-state index in [0.29, 0.717) is 18.7 Å². The van der Waals surface area contributed by atoms with Crippen LogP contribution in [0.5, 0.6) is 0 Å². The number of ether oxygens (including phenoxy) is 1. The maximum Gasteiger partial charge on any atom is 0.251 e. The first-order chi connectivity index (χ1) is 12.3. The van der Waals surface area contributed by atoms with Gasteiger partial charge in [-0.05, 0) is 17.7 Å². The predicted molar refractivity (Wildman–Crippen MR) is 94.3 cm³/mol. The summed E-state index contributed by atoms with van der Waals surface area (Å²) in [5.74, 6) is -0.0595. The van der Waals surface area contributed by atoms with E-state index in [1.54, 1.807) is 10.9 Å². The average Bonchev–Trinajstić information content (AvgIpc) is 3.12. The Labute approximate surface area is 147 Å². The number of amides is 1. The van der Waals surface area contributed by atoms with E-state index in [9.17, 15) is 4.79 Å². The maximum absolute atomic E-state index is 12.2. The molecule has 1 saturated heterocycles. The number of benzene rings is 1. The van der Waals surface area contributed by atoms with Crippen LogP contribution < -0.4 is 5.32 Å². The van der Waals surface area contributed by atoms with Crippen LogP contribution in [0.15, 0.2) is 36.7 Å². The molecule has 2 aromatic rings. The maximum atomic E-state index is 12.2. The van der Waals surface area contributed by atoms with Crippen molar-refractivity contribution in [3.8, 4) is 11.1 Å². The smallest absolute Gasteiger partial charge is 0.251 e. The molecule has 0 unspecified atom stereocenters. The summed E-state index contributed by atoms with van der Waals surface area (Å²) >= 11 is 0. The van der Waals surface area contributed by atoms with Crippen molar-refractivity contribution in [3.05, 3.63) is 42.2 Å². The van der Waals surface area contributed by atoms with E-state index in [2.05, 4.69) is 15.3 Å². The van der Waals surface area contributed by atoms with Crippen LogP contribution in [0.25, 0.3) is 11.1 Å². The Hall–Kier alpha value is -2.22. The van der Waals surface area contributed by atoms with Gasteiger partial charge in [0.05, 0.1) is 32.6 Å². The third kappa shape index (κ3) is 4.88. The van der Waals surface area contributed by atoms with Gasteiger partial charge in [-0.15, -0.1) is 0 Å². The summed E-state index contributed by atoms with van der Waals surface area (Å²) in [4.78, 5) is 14.5. The second-order valence-electron chi connectivity index (χ2n) is 6.00. The quantitative estimate of drug-likeness (QED) is 0.769. The number of nitrogens with zero attached hydrogens (tertiary/aromatic N) is 3. The molecule has 1 amide bonds. The van der Waals surface area contributed by atoms with Gasteiger partial charge in [-0.2, -0.15) is 5.10 Å². The van der Waals surface area contributed by atoms with Crippen LogP contribution in [0.3, 0.4) is 0 Å². The number of hydrogen-bond acceptors (Lipinski definition) is 5. The molecule has 0 aliphatic carbocycles. The Morgan fingerprint density at radius 3 is 2.64 bits per heavy atom. The fraction of sp³-hybridized carbons (Fsp3) is 0.444. The molecule has 1 aromatic carbocycles. The monoisotopic (exact) mass is 344 g/mol. The van der Waals surface area contributed by atoms with Gasteiger partial charge in [-0.1, -0.05) is 12.1 Å². The molecule has 0 bridgehead atoms. The molecule has 134 valence electrons. The molecular formula is C18H24N4O3. The fourth-order valence-corrected chi connectivity index (χ4v) is 2.81. The van der Waals surface area contributed by atoms with Gasteiger partial charge >= 0.3 is 0 Å².